The van der Waals surface area contributed by atoms with Gasteiger partial charge >= 0.3 is 0 Å². The molecule has 1 atom stereocenters. The second-order valence-electron chi connectivity index (χ2n) is 5.67. The molecule has 3 rings (SSSR count). The third-order valence-corrected chi connectivity index (χ3v) is 4.85. The van der Waals surface area contributed by atoms with Gasteiger partial charge in [0.2, 0.25) is 11.8 Å². The summed E-state index contributed by atoms with van der Waals surface area (Å²) >= 11 is 9.27. The Bertz CT molecular complexity index is 812. The van der Waals surface area contributed by atoms with Gasteiger partial charge in [0.05, 0.1) is 23.5 Å². The van der Waals surface area contributed by atoms with Crippen LogP contribution in [-0.2, 0) is 9.59 Å². The SMILES string of the molecule is Cc1cc(Cl)ncc1NC(=O)[C@@H]1CC(=O)N(c2ccccc2Br)C1. The van der Waals surface area contributed by atoms with E-state index in [1.807, 2.05) is 31.2 Å². The van der Waals surface area contributed by atoms with Crippen molar-refractivity contribution in [2.75, 3.05) is 16.8 Å². The highest BCUT2D eigenvalue weighted by Gasteiger charge is 2.35. The molecule has 5 nitrogen and oxygen atoms in total. The minimum Gasteiger partial charge on any atom is -0.324 e. The van der Waals surface area contributed by atoms with Gasteiger partial charge in [0, 0.05) is 17.4 Å². The summed E-state index contributed by atoms with van der Waals surface area (Å²) in [5.41, 5.74) is 2.22. The van der Waals surface area contributed by atoms with E-state index in [1.165, 1.54) is 6.20 Å². The molecule has 2 amide bonds. The Kier molecular flexibility index (Phi) is 4.87. The van der Waals surface area contributed by atoms with E-state index in [2.05, 4.69) is 26.2 Å². The highest BCUT2D eigenvalue weighted by atomic mass is 79.9. The monoisotopic (exact) mass is 407 g/mol. The Labute approximate surface area is 153 Å². The van der Waals surface area contributed by atoms with Crippen molar-refractivity contribution in [2.24, 2.45) is 5.92 Å². The molecule has 2 aromatic rings. The molecule has 24 heavy (non-hydrogen) atoms. The van der Waals surface area contributed by atoms with Crippen molar-refractivity contribution in [2.45, 2.75) is 13.3 Å². The van der Waals surface area contributed by atoms with Crippen LogP contribution in [0.2, 0.25) is 5.15 Å². The minimum absolute atomic E-state index is 0.0620. The molecule has 1 aromatic carbocycles. The maximum absolute atomic E-state index is 12.5. The van der Waals surface area contributed by atoms with Gasteiger partial charge in [0.15, 0.2) is 0 Å². The summed E-state index contributed by atoms with van der Waals surface area (Å²) in [7, 11) is 0. The van der Waals surface area contributed by atoms with E-state index in [0.717, 1.165) is 15.7 Å². The zero-order valence-electron chi connectivity index (χ0n) is 12.9. The number of aromatic nitrogens is 1. The first kappa shape index (κ1) is 16.9. The largest absolute Gasteiger partial charge is 0.324 e. The number of aryl methyl sites for hydroxylation is 1. The molecular weight excluding hydrogens is 394 g/mol. The minimum atomic E-state index is -0.403. The standard InChI is InChI=1S/C17H15BrClN3O2/c1-10-6-15(19)20-8-13(10)21-17(24)11-7-16(23)22(9-11)14-5-3-2-4-12(14)18/h2-6,8,11H,7,9H2,1H3,(H,21,24)/t11-/m1/s1. The van der Waals surface area contributed by atoms with Crippen LogP contribution in [0.15, 0.2) is 41.0 Å². The van der Waals surface area contributed by atoms with Crippen LogP contribution >= 0.6 is 27.5 Å². The number of pyridine rings is 1. The number of amides is 2. The number of nitrogens with zero attached hydrogens (tertiary/aromatic N) is 2. The molecule has 1 aliphatic heterocycles. The van der Waals surface area contributed by atoms with Gasteiger partial charge in [-0.2, -0.15) is 0 Å². The van der Waals surface area contributed by atoms with Crippen molar-refractivity contribution < 1.29 is 9.59 Å². The Morgan fingerprint density at radius 2 is 2.17 bits per heavy atom. The van der Waals surface area contributed by atoms with E-state index in [4.69, 9.17) is 11.6 Å². The third-order valence-electron chi connectivity index (χ3n) is 3.97. The molecule has 1 aliphatic rings. The van der Waals surface area contributed by atoms with Crippen molar-refractivity contribution in [3.05, 3.63) is 51.7 Å². The second kappa shape index (κ2) is 6.91. The number of hydrogen-bond acceptors (Lipinski definition) is 3. The van der Waals surface area contributed by atoms with E-state index < -0.39 is 5.92 Å². The maximum Gasteiger partial charge on any atom is 0.229 e. The molecule has 0 saturated carbocycles. The lowest BCUT2D eigenvalue weighted by atomic mass is 10.1. The Morgan fingerprint density at radius 3 is 2.88 bits per heavy atom. The summed E-state index contributed by atoms with van der Waals surface area (Å²) in [6.07, 6.45) is 1.71. The number of halogens is 2. The maximum atomic E-state index is 12.5. The molecule has 124 valence electrons. The quantitative estimate of drug-likeness (QED) is 0.786. The number of carbonyl (C=O) groups is 2. The first-order valence-corrected chi connectivity index (χ1v) is 8.60. The van der Waals surface area contributed by atoms with Crippen LogP contribution in [0.4, 0.5) is 11.4 Å². The van der Waals surface area contributed by atoms with Gasteiger partial charge in [-0.1, -0.05) is 23.7 Å². The highest BCUT2D eigenvalue weighted by Crippen LogP contribution is 2.31. The Morgan fingerprint density at radius 1 is 1.42 bits per heavy atom. The van der Waals surface area contributed by atoms with Crippen molar-refractivity contribution >= 4 is 50.7 Å². The van der Waals surface area contributed by atoms with Crippen molar-refractivity contribution in [1.82, 2.24) is 4.98 Å². The molecule has 1 N–H and O–H groups in total. The van der Waals surface area contributed by atoms with Gasteiger partial charge in [-0.15, -0.1) is 0 Å². The Hall–Kier alpha value is -1.92. The molecule has 0 spiro atoms. The molecule has 2 heterocycles. The van der Waals surface area contributed by atoms with Crippen molar-refractivity contribution in [3.8, 4) is 0 Å². The summed E-state index contributed by atoms with van der Waals surface area (Å²) in [6, 6.07) is 9.16. The van der Waals surface area contributed by atoms with Gasteiger partial charge in [-0.3, -0.25) is 9.59 Å². The predicted molar refractivity (Wildman–Crippen MR) is 97.2 cm³/mol. The molecule has 0 aliphatic carbocycles. The normalized spacial score (nSPS) is 17.2. The van der Waals surface area contributed by atoms with Crippen LogP contribution in [0.5, 0.6) is 0 Å². The molecular formula is C17H15BrClN3O2. The average Bonchev–Trinajstić information content (AvgIpc) is 2.92. The molecule has 0 unspecified atom stereocenters. The van der Waals surface area contributed by atoms with Crippen LogP contribution in [0.3, 0.4) is 0 Å². The van der Waals surface area contributed by atoms with Crippen molar-refractivity contribution in [3.63, 3.8) is 0 Å². The first-order valence-electron chi connectivity index (χ1n) is 7.43. The summed E-state index contributed by atoms with van der Waals surface area (Å²) in [4.78, 5) is 30.4. The fourth-order valence-electron chi connectivity index (χ4n) is 2.67. The van der Waals surface area contributed by atoms with Gasteiger partial charge in [0.25, 0.3) is 0 Å². The van der Waals surface area contributed by atoms with E-state index in [9.17, 15) is 9.59 Å². The highest BCUT2D eigenvalue weighted by molar-refractivity contribution is 9.10. The lowest BCUT2D eigenvalue weighted by molar-refractivity contribution is -0.122. The Balaban J connectivity index is 1.73. The van der Waals surface area contributed by atoms with Gasteiger partial charge in [-0.05, 0) is 46.6 Å². The number of hydrogen-bond donors (Lipinski definition) is 1. The zero-order valence-corrected chi connectivity index (χ0v) is 15.3. The summed E-state index contributed by atoms with van der Waals surface area (Å²) in [6.45, 7) is 2.20. The predicted octanol–water partition coefficient (Wildman–Crippen LogP) is 3.80. The number of para-hydroxylation sites is 1. The molecule has 1 aromatic heterocycles. The number of carbonyl (C=O) groups excluding carboxylic acids is 2. The van der Waals surface area contributed by atoms with Gasteiger partial charge < -0.3 is 10.2 Å². The summed E-state index contributed by atoms with van der Waals surface area (Å²) in [5, 5.41) is 3.21. The zero-order chi connectivity index (χ0) is 17.3. The van der Waals surface area contributed by atoms with E-state index in [0.29, 0.717) is 17.4 Å². The van der Waals surface area contributed by atoms with Crippen molar-refractivity contribution in [1.29, 1.82) is 0 Å². The van der Waals surface area contributed by atoms with Gasteiger partial charge in [0.1, 0.15) is 5.15 Å². The fourth-order valence-corrected chi connectivity index (χ4v) is 3.39. The van der Waals surface area contributed by atoms with Crippen LogP contribution < -0.4 is 10.2 Å². The van der Waals surface area contributed by atoms with Crippen LogP contribution in [0.1, 0.15) is 12.0 Å². The molecule has 0 bridgehead atoms. The summed E-state index contributed by atoms with van der Waals surface area (Å²) < 4.78 is 0.831. The smallest absolute Gasteiger partial charge is 0.229 e. The second-order valence-corrected chi connectivity index (χ2v) is 6.91. The number of nitrogens with one attached hydrogen (secondary N) is 1. The lowest BCUT2D eigenvalue weighted by Gasteiger charge is -2.18. The molecule has 1 saturated heterocycles. The number of rotatable bonds is 3. The van der Waals surface area contributed by atoms with Crippen LogP contribution in [-0.4, -0.2) is 23.3 Å². The van der Waals surface area contributed by atoms with E-state index in [1.54, 1.807) is 11.0 Å². The molecule has 1 fully saturated rings. The van der Waals surface area contributed by atoms with Gasteiger partial charge in [-0.25, -0.2) is 4.98 Å². The topological polar surface area (TPSA) is 62.3 Å². The van der Waals surface area contributed by atoms with E-state index >= 15 is 0 Å². The average molecular weight is 409 g/mol. The third kappa shape index (κ3) is 3.44. The first-order chi connectivity index (χ1) is 11.5. The molecule has 0 radical (unpaired) electrons. The molecule has 7 heteroatoms. The number of benzene rings is 1. The van der Waals surface area contributed by atoms with Crippen LogP contribution in [0, 0.1) is 12.8 Å². The van der Waals surface area contributed by atoms with E-state index in [-0.39, 0.29) is 18.2 Å². The summed E-state index contributed by atoms with van der Waals surface area (Å²) in [5.74, 6) is -0.655. The fraction of sp³-hybridized carbons (Fsp3) is 0.235. The van der Waals surface area contributed by atoms with Crippen LogP contribution in [0.25, 0.3) is 0 Å². The lowest BCUT2D eigenvalue weighted by Crippen LogP contribution is -2.28. The number of anilines is 2.